The molecule has 0 amide bonds. The quantitative estimate of drug-likeness (QED) is 0.616. The van der Waals surface area contributed by atoms with E-state index in [0.29, 0.717) is 17.9 Å². The molecule has 0 saturated carbocycles. The van der Waals surface area contributed by atoms with Gasteiger partial charge in [-0.05, 0) is 6.42 Å². The van der Waals surface area contributed by atoms with Crippen molar-refractivity contribution in [3.63, 3.8) is 0 Å². The number of carboxylic acid groups (broad SMARTS) is 1. The number of hydrogen-bond donors (Lipinski definition) is 1. The molecule has 0 aliphatic heterocycles. The predicted octanol–water partition coefficient (Wildman–Crippen LogP) is 1.74. The van der Waals surface area contributed by atoms with E-state index in [2.05, 4.69) is 9.97 Å². The van der Waals surface area contributed by atoms with Gasteiger partial charge < -0.3 is 5.11 Å². The molecule has 0 aromatic carbocycles. The average Bonchev–Trinajstić information content (AvgIpc) is 2.20. The van der Waals surface area contributed by atoms with Crippen LogP contribution in [0.15, 0.2) is 11.4 Å². The molecule has 82 valence electrons. The van der Waals surface area contributed by atoms with E-state index in [1.165, 1.54) is 6.33 Å². The van der Waals surface area contributed by atoms with Crippen LogP contribution in [0.4, 0.5) is 4.39 Å². The summed E-state index contributed by atoms with van der Waals surface area (Å²) in [5.74, 6) is -1.02. The summed E-state index contributed by atoms with van der Waals surface area (Å²) in [6.07, 6.45) is 1.79. The highest BCUT2D eigenvalue weighted by molar-refractivity contribution is 7.99. The summed E-state index contributed by atoms with van der Waals surface area (Å²) in [4.78, 5) is 17.8. The second-order valence-electron chi connectivity index (χ2n) is 2.79. The van der Waals surface area contributed by atoms with Gasteiger partial charge in [0.05, 0.1) is 12.1 Å². The molecule has 4 nitrogen and oxygen atoms in total. The highest BCUT2D eigenvalue weighted by Gasteiger charge is 2.10. The van der Waals surface area contributed by atoms with Crippen molar-refractivity contribution >= 4 is 17.7 Å². The maximum absolute atomic E-state index is 13.5. The van der Waals surface area contributed by atoms with Crippen molar-refractivity contribution in [3.8, 4) is 0 Å². The maximum atomic E-state index is 13.5. The maximum Gasteiger partial charge on any atom is 0.304 e. The minimum Gasteiger partial charge on any atom is -0.481 e. The molecule has 0 aliphatic carbocycles. The van der Waals surface area contributed by atoms with E-state index in [-0.39, 0.29) is 11.4 Å². The smallest absolute Gasteiger partial charge is 0.304 e. The molecule has 0 fully saturated rings. The van der Waals surface area contributed by atoms with Gasteiger partial charge in [-0.3, -0.25) is 4.79 Å². The summed E-state index contributed by atoms with van der Waals surface area (Å²) in [6, 6.07) is 0. The second kappa shape index (κ2) is 5.65. The standard InChI is InChI=1S/C9H11FN2O2S/c1-2-6-8(10)9(12-5-11-6)15-4-3-7(13)14/h5H,2-4H2,1H3,(H,13,14). The lowest BCUT2D eigenvalue weighted by molar-refractivity contribution is -0.136. The molecule has 1 heterocycles. The zero-order valence-electron chi connectivity index (χ0n) is 8.23. The Labute approximate surface area is 90.9 Å². The van der Waals surface area contributed by atoms with Gasteiger partial charge in [-0.25, -0.2) is 14.4 Å². The Bertz CT molecular complexity index is 360. The fourth-order valence-corrected chi connectivity index (χ4v) is 1.81. The van der Waals surface area contributed by atoms with Crippen LogP contribution in [0, 0.1) is 5.82 Å². The van der Waals surface area contributed by atoms with Crippen molar-refractivity contribution in [3.05, 3.63) is 17.8 Å². The molecule has 1 aromatic rings. The van der Waals surface area contributed by atoms with Crippen molar-refractivity contribution in [2.75, 3.05) is 5.75 Å². The first-order valence-corrected chi connectivity index (χ1v) is 5.47. The first kappa shape index (κ1) is 11.9. The molecule has 1 aromatic heterocycles. The van der Waals surface area contributed by atoms with Gasteiger partial charge in [0, 0.05) is 5.75 Å². The van der Waals surface area contributed by atoms with Gasteiger partial charge in [-0.1, -0.05) is 6.92 Å². The average molecular weight is 230 g/mol. The Morgan fingerprint density at radius 2 is 2.33 bits per heavy atom. The number of hydrogen-bond acceptors (Lipinski definition) is 4. The lowest BCUT2D eigenvalue weighted by atomic mass is 10.3. The van der Waals surface area contributed by atoms with Crippen molar-refractivity contribution < 1.29 is 14.3 Å². The monoisotopic (exact) mass is 230 g/mol. The normalized spacial score (nSPS) is 10.3. The van der Waals surface area contributed by atoms with Crippen molar-refractivity contribution in [2.24, 2.45) is 0 Å². The third-order valence-corrected chi connectivity index (χ3v) is 2.69. The van der Waals surface area contributed by atoms with E-state index in [9.17, 15) is 9.18 Å². The molecule has 0 bridgehead atoms. The summed E-state index contributed by atoms with van der Waals surface area (Å²) in [6.45, 7) is 1.80. The zero-order valence-corrected chi connectivity index (χ0v) is 9.05. The summed E-state index contributed by atoms with van der Waals surface area (Å²) in [5, 5.41) is 8.65. The van der Waals surface area contributed by atoms with Crippen LogP contribution in [0.2, 0.25) is 0 Å². The van der Waals surface area contributed by atoms with E-state index in [0.717, 1.165) is 11.8 Å². The Kier molecular flexibility index (Phi) is 4.48. The number of carboxylic acids is 1. The van der Waals surface area contributed by atoms with Crippen LogP contribution in [0.3, 0.4) is 0 Å². The molecule has 0 atom stereocenters. The van der Waals surface area contributed by atoms with Gasteiger partial charge in [-0.15, -0.1) is 11.8 Å². The van der Waals surface area contributed by atoms with Crippen LogP contribution in [-0.4, -0.2) is 26.8 Å². The van der Waals surface area contributed by atoms with Crippen molar-refractivity contribution in [2.45, 2.75) is 24.8 Å². The van der Waals surface area contributed by atoms with E-state index < -0.39 is 11.8 Å². The number of aryl methyl sites for hydroxylation is 1. The number of carbonyl (C=O) groups is 1. The largest absolute Gasteiger partial charge is 0.481 e. The lowest BCUT2D eigenvalue weighted by Crippen LogP contribution is -2.00. The highest BCUT2D eigenvalue weighted by atomic mass is 32.2. The van der Waals surface area contributed by atoms with Crippen molar-refractivity contribution in [1.29, 1.82) is 0 Å². The van der Waals surface area contributed by atoms with Crippen LogP contribution in [0.1, 0.15) is 19.0 Å². The van der Waals surface area contributed by atoms with Crippen LogP contribution >= 0.6 is 11.8 Å². The molecule has 0 saturated heterocycles. The molecule has 1 rings (SSSR count). The number of aliphatic carboxylic acids is 1. The third kappa shape index (κ3) is 3.47. The van der Waals surface area contributed by atoms with E-state index in [1.54, 1.807) is 6.92 Å². The number of thioether (sulfide) groups is 1. The Morgan fingerprint density at radius 1 is 1.60 bits per heavy atom. The lowest BCUT2D eigenvalue weighted by Gasteiger charge is -2.03. The van der Waals surface area contributed by atoms with Gasteiger partial charge in [0.25, 0.3) is 0 Å². The number of halogens is 1. The van der Waals surface area contributed by atoms with Gasteiger partial charge >= 0.3 is 5.97 Å². The summed E-state index contributed by atoms with van der Waals surface area (Å²) in [7, 11) is 0. The summed E-state index contributed by atoms with van der Waals surface area (Å²) in [5.41, 5.74) is 0.364. The Morgan fingerprint density at radius 3 is 2.93 bits per heavy atom. The first-order valence-electron chi connectivity index (χ1n) is 4.49. The number of aromatic nitrogens is 2. The number of nitrogens with zero attached hydrogens (tertiary/aromatic N) is 2. The zero-order chi connectivity index (χ0) is 11.3. The second-order valence-corrected chi connectivity index (χ2v) is 3.87. The first-order chi connectivity index (χ1) is 7.15. The minimum atomic E-state index is -0.896. The van der Waals surface area contributed by atoms with Crippen LogP contribution in [0.5, 0.6) is 0 Å². The molecule has 0 radical (unpaired) electrons. The van der Waals surface area contributed by atoms with E-state index >= 15 is 0 Å². The molecular formula is C9H11FN2O2S. The number of rotatable bonds is 5. The SMILES string of the molecule is CCc1ncnc(SCCC(=O)O)c1F. The topological polar surface area (TPSA) is 63.1 Å². The minimum absolute atomic E-state index is 0.00440. The molecule has 0 unspecified atom stereocenters. The highest BCUT2D eigenvalue weighted by Crippen LogP contribution is 2.21. The van der Waals surface area contributed by atoms with E-state index in [4.69, 9.17) is 5.11 Å². The molecular weight excluding hydrogens is 219 g/mol. The van der Waals surface area contributed by atoms with Crippen LogP contribution in [0.25, 0.3) is 0 Å². The summed E-state index contributed by atoms with van der Waals surface area (Å²) < 4.78 is 13.5. The fraction of sp³-hybridized carbons (Fsp3) is 0.444. The van der Waals surface area contributed by atoms with Gasteiger partial charge in [0.15, 0.2) is 5.82 Å². The van der Waals surface area contributed by atoms with E-state index in [1.807, 2.05) is 0 Å². The Hall–Kier alpha value is -1.17. The predicted molar refractivity (Wildman–Crippen MR) is 54.3 cm³/mol. The molecule has 0 aliphatic rings. The van der Waals surface area contributed by atoms with Gasteiger partial charge in [0.2, 0.25) is 0 Å². The van der Waals surface area contributed by atoms with Gasteiger partial charge in [-0.2, -0.15) is 0 Å². The van der Waals surface area contributed by atoms with Crippen LogP contribution in [-0.2, 0) is 11.2 Å². The fourth-order valence-electron chi connectivity index (χ4n) is 0.970. The molecule has 15 heavy (non-hydrogen) atoms. The van der Waals surface area contributed by atoms with Gasteiger partial charge in [0.1, 0.15) is 11.4 Å². The van der Waals surface area contributed by atoms with Crippen LogP contribution < -0.4 is 0 Å². The van der Waals surface area contributed by atoms with Crippen molar-refractivity contribution in [1.82, 2.24) is 9.97 Å². The third-order valence-electron chi connectivity index (χ3n) is 1.72. The Balaban J connectivity index is 2.64. The molecule has 1 N–H and O–H groups in total. The summed E-state index contributed by atoms with van der Waals surface area (Å²) >= 11 is 1.10. The molecule has 6 heteroatoms. The molecule has 0 spiro atoms.